The van der Waals surface area contributed by atoms with Crippen molar-refractivity contribution in [2.45, 2.75) is 25.4 Å². The molecule has 1 saturated carbocycles. The number of aromatic nitrogens is 4. The Labute approximate surface area is 165 Å². The van der Waals surface area contributed by atoms with Gasteiger partial charge in [0.25, 0.3) is 5.91 Å². The van der Waals surface area contributed by atoms with Gasteiger partial charge < -0.3 is 9.84 Å². The molecule has 3 aromatic heterocycles. The first-order chi connectivity index (χ1) is 14.1. The van der Waals surface area contributed by atoms with Gasteiger partial charge in [-0.3, -0.25) is 14.8 Å². The number of rotatable bonds is 4. The quantitative estimate of drug-likeness (QED) is 0.566. The van der Waals surface area contributed by atoms with E-state index in [1.54, 1.807) is 24.4 Å². The van der Waals surface area contributed by atoms with E-state index in [-0.39, 0.29) is 11.8 Å². The maximum Gasteiger partial charge on any atom is 0.257 e. The summed E-state index contributed by atoms with van der Waals surface area (Å²) in [4.78, 5) is 25.5. The first-order valence-corrected chi connectivity index (χ1v) is 9.19. The minimum absolute atomic E-state index is 0.294. The molecule has 3 heterocycles. The number of aryl methyl sites for hydroxylation is 1. The third-order valence-electron chi connectivity index (χ3n) is 4.93. The molecule has 0 aliphatic heterocycles. The molecule has 144 valence electrons. The van der Waals surface area contributed by atoms with Gasteiger partial charge in [0.1, 0.15) is 6.17 Å². The Hall–Kier alpha value is -3.68. The van der Waals surface area contributed by atoms with Crippen LogP contribution in [0.25, 0.3) is 22.4 Å². The summed E-state index contributed by atoms with van der Waals surface area (Å²) in [7, 11) is 0. The molecule has 2 atom stereocenters. The normalized spacial score (nSPS) is 18.0. The fourth-order valence-electron chi connectivity index (χ4n) is 3.09. The van der Waals surface area contributed by atoms with Gasteiger partial charge in [-0.25, -0.2) is 4.39 Å². The summed E-state index contributed by atoms with van der Waals surface area (Å²) < 4.78 is 18.4. The van der Waals surface area contributed by atoms with E-state index in [4.69, 9.17) is 4.52 Å². The number of nitrogens with zero attached hydrogens (tertiary/aromatic N) is 4. The molecule has 1 amide bonds. The maximum atomic E-state index is 13.2. The Kier molecular flexibility index (Phi) is 4.04. The number of hydrogen-bond acceptors (Lipinski definition) is 6. The summed E-state index contributed by atoms with van der Waals surface area (Å²) in [5.74, 6) is 0.0896. The van der Waals surface area contributed by atoms with Crippen LogP contribution in [-0.2, 0) is 0 Å². The molecule has 1 aromatic carbocycles. The van der Waals surface area contributed by atoms with Crippen LogP contribution in [0.5, 0.6) is 0 Å². The zero-order chi connectivity index (χ0) is 20.0. The summed E-state index contributed by atoms with van der Waals surface area (Å²) in [5.41, 5.74) is 3.96. The van der Waals surface area contributed by atoms with Crippen LogP contribution in [0.2, 0.25) is 0 Å². The molecule has 0 bridgehead atoms. The third-order valence-corrected chi connectivity index (χ3v) is 4.93. The van der Waals surface area contributed by atoms with Gasteiger partial charge in [0, 0.05) is 23.6 Å². The number of amides is 1. The van der Waals surface area contributed by atoms with Crippen LogP contribution < -0.4 is 5.32 Å². The van der Waals surface area contributed by atoms with Crippen molar-refractivity contribution >= 4 is 22.6 Å². The molecule has 5 rings (SSSR count). The van der Waals surface area contributed by atoms with E-state index in [1.807, 2.05) is 25.1 Å². The fraction of sp³-hybridized carbons (Fsp3) is 0.190. The molecule has 7 nitrogen and oxygen atoms in total. The predicted octanol–water partition coefficient (Wildman–Crippen LogP) is 4.07. The van der Waals surface area contributed by atoms with E-state index >= 15 is 0 Å². The number of alkyl halides is 1. The Balaban J connectivity index is 1.40. The van der Waals surface area contributed by atoms with Gasteiger partial charge in [0.15, 0.2) is 0 Å². The highest BCUT2D eigenvalue weighted by atomic mass is 19.1. The summed E-state index contributed by atoms with van der Waals surface area (Å²) >= 11 is 0. The molecule has 0 saturated heterocycles. The molecule has 29 heavy (non-hydrogen) atoms. The van der Waals surface area contributed by atoms with Crippen molar-refractivity contribution in [2.75, 3.05) is 5.32 Å². The Morgan fingerprint density at radius 2 is 2.07 bits per heavy atom. The van der Waals surface area contributed by atoms with Crippen molar-refractivity contribution in [3.8, 4) is 11.4 Å². The maximum absolute atomic E-state index is 13.2. The summed E-state index contributed by atoms with van der Waals surface area (Å²) in [6.07, 6.45) is 2.70. The van der Waals surface area contributed by atoms with E-state index in [1.165, 1.54) is 6.20 Å². The third kappa shape index (κ3) is 3.33. The number of anilines is 1. The van der Waals surface area contributed by atoms with E-state index in [9.17, 15) is 9.18 Å². The van der Waals surface area contributed by atoms with Crippen molar-refractivity contribution < 1.29 is 13.7 Å². The van der Waals surface area contributed by atoms with Crippen LogP contribution in [0.3, 0.4) is 0 Å². The van der Waals surface area contributed by atoms with E-state index in [0.717, 1.165) is 11.1 Å². The number of carbonyl (C=O) groups excluding carboxylic acids is 1. The Bertz CT molecular complexity index is 1240. The van der Waals surface area contributed by atoms with E-state index in [0.29, 0.717) is 40.5 Å². The predicted molar refractivity (Wildman–Crippen MR) is 104 cm³/mol. The summed E-state index contributed by atoms with van der Waals surface area (Å²) in [5, 5.41) is 6.84. The summed E-state index contributed by atoms with van der Waals surface area (Å²) in [6.45, 7) is 1.89. The number of hydrogen-bond donors (Lipinski definition) is 1. The molecule has 8 heteroatoms. The molecule has 1 aliphatic carbocycles. The molecule has 1 N–H and O–H groups in total. The van der Waals surface area contributed by atoms with Gasteiger partial charge >= 0.3 is 0 Å². The smallest absolute Gasteiger partial charge is 0.257 e. The highest BCUT2D eigenvalue weighted by molar-refractivity contribution is 6.06. The van der Waals surface area contributed by atoms with Crippen molar-refractivity contribution in [3.63, 3.8) is 0 Å². The number of carbonyl (C=O) groups is 1. The van der Waals surface area contributed by atoms with E-state index < -0.39 is 6.17 Å². The molecular weight excluding hydrogens is 373 g/mol. The van der Waals surface area contributed by atoms with Gasteiger partial charge in [-0.05, 0) is 43.2 Å². The van der Waals surface area contributed by atoms with Crippen LogP contribution in [0.4, 0.5) is 10.1 Å². The van der Waals surface area contributed by atoms with Gasteiger partial charge in [0.2, 0.25) is 11.7 Å². The Morgan fingerprint density at radius 3 is 2.90 bits per heavy atom. The standard InChI is InChI=1S/C21H16FN5O2/c1-11-4-5-12(19-26-21(29-27-19)14-9-15(14)22)7-17(11)25-20(28)13-8-18-16(24-10-13)3-2-6-23-18/h2-8,10,14-15H,9H2,1H3,(H,25,28)/t14-,15-/m0/s1. The fourth-order valence-corrected chi connectivity index (χ4v) is 3.09. The molecule has 1 aliphatic rings. The first-order valence-electron chi connectivity index (χ1n) is 9.19. The minimum atomic E-state index is -0.902. The second-order valence-corrected chi connectivity index (χ2v) is 7.06. The molecule has 0 unspecified atom stereocenters. The van der Waals surface area contributed by atoms with E-state index in [2.05, 4.69) is 25.4 Å². The minimum Gasteiger partial charge on any atom is -0.339 e. The van der Waals surface area contributed by atoms with Crippen molar-refractivity contribution in [1.82, 2.24) is 20.1 Å². The zero-order valence-electron chi connectivity index (χ0n) is 15.5. The highest BCUT2D eigenvalue weighted by Gasteiger charge is 2.43. The van der Waals surface area contributed by atoms with Gasteiger partial charge in [-0.15, -0.1) is 0 Å². The number of benzene rings is 1. The number of halogens is 1. The molecule has 0 spiro atoms. The molecule has 4 aromatic rings. The zero-order valence-corrected chi connectivity index (χ0v) is 15.5. The Morgan fingerprint density at radius 1 is 1.21 bits per heavy atom. The second kappa shape index (κ2) is 6.73. The van der Waals surface area contributed by atoms with Crippen LogP contribution in [0.15, 0.2) is 53.3 Å². The van der Waals surface area contributed by atoms with Crippen molar-refractivity contribution in [2.24, 2.45) is 0 Å². The van der Waals surface area contributed by atoms with Crippen LogP contribution in [-0.4, -0.2) is 32.2 Å². The van der Waals surface area contributed by atoms with Gasteiger partial charge in [-0.1, -0.05) is 17.3 Å². The average molecular weight is 389 g/mol. The largest absolute Gasteiger partial charge is 0.339 e. The lowest BCUT2D eigenvalue weighted by atomic mass is 10.1. The lowest BCUT2D eigenvalue weighted by Gasteiger charge is -2.10. The number of fused-ring (bicyclic) bond motifs is 1. The van der Waals surface area contributed by atoms with Crippen LogP contribution in [0.1, 0.15) is 34.2 Å². The van der Waals surface area contributed by atoms with Crippen LogP contribution in [0, 0.1) is 6.92 Å². The second-order valence-electron chi connectivity index (χ2n) is 7.06. The van der Waals surface area contributed by atoms with Crippen molar-refractivity contribution in [1.29, 1.82) is 0 Å². The molecule has 0 radical (unpaired) electrons. The topological polar surface area (TPSA) is 93.8 Å². The monoisotopic (exact) mass is 389 g/mol. The number of pyridine rings is 2. The lowest BCUT2D eigenvalue weighted by molar-refractivity contribution is 0.102. The molecule has 1 fully saturated rings. The molecular formula is C21H16FN5O2. The number of nitrogens with one attached hydrogen (secondary N) is 1. The highest BCUT2D eigenvalue weighted by Crippen LogP contribution is 2.43. The van der Waals surface area contributed by atoms with Gasteiger partial charge in [0.05, 0.1) is 22.5 Å². The lowest BCUT2D eigenvalue weighted by Crippen LogP contribution is -2.13. The SMILES string of the molecule is Cc1ccc(-c2noc([C@H]3C[C@@H]3F)n2)cc1NC(=O)c1cnc2cccnc2c1. The van der Waals surface area contributed by atoms with Crippen LogP contribution >= 0.6 is 0 Å². The average Bonchev–Trinajstić information content (AvgIpc) is 3.26. The van der Waals surface area contributed by atoms with Crippen molar-refractivity contribution in [3.05, 3.63) is 65.8 Å². The first kappa shape index (κ1) is 17.4. The van der Waals surface area contributed by atoms with Gasteiger partial charge in [-0.2, -0.15) is 4.98 Å². The summed E-state index contributed by atoms with van der Waals surface area (Å²) in [6, 6.07) is 10.8.